The van der Waals surface area contributed by atoms with Gasteiger partial charge >= 0.3 is 0 Å². The Morgan fingerprint density at radius 1 is 1.39 bits per heavy atom. The van der Waals surface area contributed by atoms with Gasteiger partial charge in [0.15, 0.2) is 23.3 Å². The van der Waals surface area contributed by atoms with Crippen molar-refractivity contribution >= 4 is 11.6 Å². The first-order valence-electron chi connectivity index (χ1n) is 6.06. The number of likely N-dealkylation sites (tertiary alicyclic amines) is 1. The van der Waals surface area contributed by atoms with Crippen LogP contribution in [-0.2, 0) is 0 Å². The van der Waals surface area contributed by atoms with Crippen LogP contribution in [0.5, 0.6) is 0 Å². The van der Waals surface area contributed by atoms with Crippen LogP contribution >= 0.6 is 0 Å². The minimum Gasteiger partial charge on any atom is -0.371 e. The van der Waals surface area contributed by atoms with Gasteiger partial charge in [-0.05, 0) is 25.9 Å². The van der Waals surface area contributed by atoms with Gasteiger partial charge in [0.05, 0.1) is 0 Å². The summed E-state index contributed by atoms with van der Waals surface area (Å²) in [6.07, 6.45) is 1.09. The predicted molar refractivity (Wildman–Crippen MR) is 67.8 cm³/mol. The van der Waals surface area contributed by atoms with Gasteiger partial charge in [-0.15, -0.1) is 0 Å². The average Bonchev–Trinajstić information content (AvgIpc) is 2.74. The lowest BCUT2D eigenvalue weighted by molar-refractivity contribution is 0.399. The van der Waals surface area contributed by atoms with Crippen molar-refractivity contribution in [3.05, 3.63) is 17.7 Å². The maximum atomic E-state index is 13.5. The number of hydrogen-bond acceptors (Lipinski definition) is 4. The van der Waals surface area contributed by atoms with Crippen LogP contribution < -0.4 is 10.6 Å². The number of pyridine rings is 1. The van der Waals surface area contributed by atoms with Crippen molar-refractivity contribution in [3.8, 4) is 0 Å². The van der Waals surface area contributed by atoms with E-state index in [0.717, 1.165) is 25.6 Å². The van der Waals surface area contributed by atoms with Gasteiger partial charge in [-0.3, -0.25) is 0 Å². The summed E-state index contributed by atoms with van der Waals surface area (Å²) < 4.78 is 26.7. The lowest BCUT2D eigenvalue weighted by Crippen LogP contribution is -2.20. The summed E-state index contributed by atoms with van der Waals surface area (Å²) >= 11 is 0. The molecule has 2 rings (SSSR count). The Hall–Kier alpha value is -1.43. The Balaban J connectivity index is 2.00. The normalized spacial score (nSPS) is 20.1. The van der Waals surface area contributed by atoms with Gasteiger partial charge in [-0.25, -0.2) is 13.8 Å². The van der Waals surface area contributed by atoms with Crippen LogP contribution in [0.2, 0.25) is 0 Å². The zero-order valence-corrected chi connectivity index (χ0v) is 10.6. The zero-order valence-electron chi connectivity index (χ0n) is 10.6. The monoisotopic (exact) mass is 256 g/mol. The molecule has 2 N–H and O–H groups in total. The van der Waals surface area contributed by atoms with Crippen molar-refractivity contribution in [2.75, 3.05) is 44.4 Å². The van der Waals surface area contributed by atoms with Crippen LogP contribution in [0.3, 0.4) is 0 Å². The SMILES string of the molecule is CNc1nc(NCC2CCN(C)C2)c(F)cc1F. The fraction of sp³-hybridized carbons (Fsp3) is 0.583. The molecular weight excluding hydrogens is 238 g/mol. The molecule has 4 nitrogen and oxygen atoms in total. The van der Waals surface area contributed by atoms with Crippen molar-refractivity contribution in [3.63, 3.8) is 0 Å². The minimum atomic E-state index is -0.679. The Kier molecular flexibility index (Phi) is 3.96. The smallest absolute Gasteiger partial charge is 0.168 e. The fourth-order valence-electron chi connectivity index (χ4n) is 2.20. The Morgan fingerprint density at radius 2 is 2.11 bits per heavy atom. The van der Waals surface area contributed by atoms with E-state index in [-0.39, 0.29) is 11.6 Å². The Morgan fingerprint density at radius 3 is 2.72 bits per heavy atom. The van der Waals surface area contributed by atoms with E-state index < -0.39 is 11.6 Å². The van der Waals surface area contributed by atoms with Crippen LogP contribution in [0.1, 0.15) is 6.42 Å². The summed E-state index contributed by atoms with van der Waals surface area (Å²) in [6.45, 7) is 2.71. The van der Waals surface area contributed by atoms with E-state index in [1.54, 1.807) is 7.05 Å². The van der Waals surface area contributed by atoms with Gasteiger partial charge in [-0.1, -0.05) is 0 Å². The topological polar surface area (TPSA) is 40.2 Å². The maximum Gasteiger partial charge on any atom is 0.168 e. The molecule has 1 saturated heterocycles. The van der Waals surface area contributed by atoms with Crippen LogP contribution in [0.4, 0.5) is 20.4 Å². The van der Waals surface area contributed by atoms with Crippen LogP contribution in [-0.4, -0.2) is 43.6 Å². The van der Waals surface area contributed by atoms with Gasteiger partial charge in [0.2, 0.25) is 0 Å². The van der Waals surface area contributed by atoms with Gasteiger partial charge in [0.25, 0.3) is 0 Å². The van der Waals surface area contributed by atoms with E-state index >= 15 is 0 Å². The number of rotatable bonds is 4. The molecule has 0 spiro atoms. The number of anilines is 2. The second kappa shape index (κ2) is 5.48. The largest absolute Gasteiger partial charge is 0.371 e. The maximum absolute atomic E-state index is 13.5. The molecule has 100 valence electrons. The molecule has 2 heterocycles. The first-order valence-corrected chi connectivity index (χ1v) is 6.06. The molecule has 0 aromatic carbocycles. The Labute approximate surface area is 105 Å². The van der Waals surface area contributed by atoms with Crippen molar-refractivity contribution in [1.82, 2.24) is 9.88 Å². The van der Waals surface area contributed by atoms with E-state index in [0.29, 0.717) is 12.5 Å². The second-order valence-electron chi connectivity index (χ2n) is 4.70. The highest BCUT2D eigenvalue weighted by Crippen LogP contribution is 2.20. The first kappa shape index (κ1) is 13.0. The third kappa shape index (κ3) is 2.87. The highest BCUT2D eigenvalue weighted by molar-refractivity contribution is 5.47. The number of nitrogens with zero attached hydrogens (tertiary/aromatic N) is 2. The minimum absolute atomic E-state index is 0.0578. The quantitative estimate of drug-likeness (QED) is 0.861. The van der Waals surface area contributed by atoms with E-state index in [2.05, 4.69) is 27.6 Å². The molecule has 1 aliphatic heterocycles. The molecule has 6 heteroatoms. The van der Waals surface area contributed by atoms with Gasteiger partial charge in [0.1, 0.15) is 0 Å². The summed E-state index contributed by atoms with van der Waals surface area (Å²) in [5.41, 5.74) is 0. The molecule has 0 bridgehead atoms. The molecule has 0 aliphatic carbocycles. The predicted octanol–water partition coefficient (Wildman–Crippen LogP) is 1.77. The molecular formula is C12H18F2N4. The molecule has 1 unspecified atom stereocenters. The summed E-state index contributed by atoms with van der Waals surface area (Å²) in [7, 11) is 3.62. The Bertz CT molecular complexity index is 425. The standard InChI is InChI=1S/C12H18F2N4/c1-15-11-9(13)5-10(14)12(17-11)16-6-8-3-4-18(2)7-8/h5,8H,3-4,6-7H2,1-2H3,(H2,15,16,17). The number of halogens is 2. The van der Waals surface area contributed by atoms with E-state index in [9.17, 15) is 8.78 Å². The number of hydrogen-bond donors (Lipinski definition) is 2. The summed E-state index contributed by atoms with van der Waals surface area (Å²) in [6, 6.07) is 0.849. The van der Waals surface area contributed by atoms with Gasteiger partial charge < -0.3 is 15.5 Å². The van der Waals surface area contributed by atoms with Crippen molar-refractivity contribution < 1.29 is 8.78 Å². The molecule has 0 saturated carbocycles. The van der Waals surface area contributed by atoms with Crippen molar-refractivity contribution in [1.29, 1.82) is 0 Å². The highest BCUT2D eigenvalue weighted by Gasteiger charge is 2.20. The highest BCUT2D eigenvalue weighted by atomic mass is 19.1. The molecule has 18 heavy (non-hydrogen) atoms. The summed E-state index contributed by atoms with van der Waals surface area (Å²) in [4.78, 5) is 6.12. The average molecular weight is 256 g/mol. The summed E-state index contributed by atoms with van der Waals surface area (Å²) in [5, 5.41) is 5.55. The lowest BCUT2D eigenvalue weighted by atomic mass is 10.1. The van der Waals surface area contributed by atoms with Gasteiger partial charge in [-0.2, -0.15) is 0 Å². The van der Waals surface area contributed by atoms with Gasteiger partial charge in [0, 0.05) is 26.2 Å². The van der Waals surface area contributed by atoms with Crippen LogP contribution in [0.25, 0.3) is 0 Å². The molecule has 1 aromatic heterocycles. The molecule has 0 amide bonds. The van der Waals surface area contributed by atoms with E-state index in [1.165, 1.54) is 0 Å². The first-order chi connectivity index (χ1) is 8.60. The van der Waals surface area contributed by atoms with Crippen molar-refractivity contribution in [2.24, 2.45) is 5.92 Å². The van der Waals surface area contributed by atoms with E-state index in [1.807, 2.05) is 0 Å². The zero-order chi connectivity index (χ0) is 13.1. The second-order valence-corrected chi connectivity index (χ2v) is 4.70. The third-order valence-electron chi connectivity index (χ3n) is 3.21. The molecule has 1 aliphatic rings. The number of nitrogens with one attached hydrogen (secondary N) is 2. The molecule has 0 radical (unpaired) electrons. The molecule has 1 aromatic rings. The summed E-state index contributed by atoms with van der Waals surface area (Å²) in [5.74, 6) is -0.684. The molecule has 1 atom stereocenters. The molecule has 1 fully saturated rings. The lowest BCUT2D eigenvalue weighted by Gasteiger charge is -2.13. The van der Waals surface area contributed by atoms with E-state index in [4.69, 9.17) is 0 Å². The fourth-order valence-corrected chi connectivity index (χ4v) is 2.20. The van der Waals surface area contributed by atoms with Crippen LogP contribution in [0, 0.1) is 17.6 Å². The van der Waals surface area contributed by atoms with Crippen LogP contribution in [0.15, 0.2) is 6.07 Å². The third-order valence-corrected chi connectivity index (χ3v) is 3.21. The van der Waals surface area contributed by atoms with Crippen molar-refractivity contribution in [2.45, 2.75) is 6.42 Å². The number of aromatic nitrogens is 1.